The molecule has 0 aliphatic carbocycles. The van der Waals surface area contributed by atoms with E-state index in [4.69, 9.17) is 21.1 Å². The van der Waals surface area contributed by atoms with Gasteiger partial charge in [0.1, 0.15) is 12.4 Å². The minimum atomic E-state index is -2.55. The molecule has 0 bridgehead atoms. The van der Waals surface area contributed by atoms with Crippen molar-refractivity contribution in [3.8, 4) is 17.2 Å². The van der Waals surface area contributed by atoms with E-state index in [1.54, 1.807) is 30.3 Å². The van der Waals surface area contributed by atoms with Crippen LogP contribution in [0.25, 0.3) is 0 Å². The van der Waals surface area contributed by atoms with E-state index in [0.29, 0.717) is 22.8 Å². The van der Waals surface area contributed by atoms with Gasteiger partial charge in [-0.15, -0.1) is 0 Å². The van der Waals surface area contributed by atoms with Crippen LogP contribution in [0.5, 0.6) is 17.2 Å². The topological polar surface area (TPSA) is 47.9 Å². The van der Waals surface area contributed by atoms with Crippen molar-refractivity contribution in [3.05, 3.63) is 53.6 Å². The summed E-state index contributed by atoms with van der Waals surface area (Å²) >= 11 is 0. The number of ether oxygens (including phenoxy) is 3. The smallest absolute Gasteiger partial charge is 0.160 e. The summed E-state index contributed by atoms with van der Waals surface area (Å²) in [5.41, 5.74) is 1.23. The van der Waals surface area contributed by atoms with Gasteiger partial charge in [-0.25, -0.2) is 0 Å². The molecule has 0 saturated carbocycles. The summed E-state index contributed by atoms with van der Waals surface area (Å²) in [5, 5.41) is 10.4. The second-order valence-electron chi connectivity index (χ2n) is 5.48. The number of aryl methyl sites for hydroxylation is 2. The zero-order chi connectivity index (χ0) is 22.6. The fourth-order valence-corrected chi connectivity index (χ4v) is 2.27. The first kappa shape index (κ1) is 13.1. The number of rotatable bonds is 10. The summed E-state index contributed by atoms with van der Waals surface area (Å²) in [6, 6.07) is 11.6. The van der Waals surface area contributed by atoms with Gasteiger partial charge in [0.05, 0.1) is 21.7 Å². The van der Waals surface area contributed by atoms with Crippen molar-refractivity contribution in [2.75, 3.05) is 20.8 Å². The maximum absolute atomic E-state index is 10.4. The highest BCUT2D eigenvalue weighted by Crippen LogP contribution is 2.28. The maximum atomic E-state index is 10.4. The highest BCUT2D eigenvalue weighted by molar-refractivity contribution is 5.42. The molecular formula is C21H28O4. The first-order chi connectivity index (χ1) is 13.9. The lowest BCUT2D eigenvalue weighted by Crippen LogP contribution is -2.17. The second-order valence-corrected chi connectivity index (χ2v) is 5.48. The van der Waals surface area contributed by atoms with Crippen LogP contribution in [0.4, 0.5) is 0 Å². The number of methoxy groups -OCH3 is 2. The fraction of sp³-hybridized carbons (Fsp3) is 0.429. The van der Waals surface area contributed by atoms with Gasteiger partial charge in [0.25, 0.3) is 0 Å². The zero-order valence-corrected chi connectivity index (χ0v) is 14.8. The normalized spacial score (nSPS) is 17.2. The van der Waals surface area contributed by atoms with E-state index in [0.717, 1.165) is 5.56 Å². The molecule has 0 radical (unpaired) electrons. The molecule has 0 amide bonds. The highest BCUT2D eigenvalue weighted by Gasteiger charge is 2.07. The molecule has 1 atom stereocenters. The molecule has 1 N–H and O–H groups in total. The van der Waals surface area contributed by atoms with Crippen LogP contribution in [0, 0.1) is 6.92 Å². The predicted octanol–water partition coefficient (Wildman–Crippen LogP) is 4.16. The monoisotopic (exact) mass is 349 g/mol. The lowest BCUT2D eigenvalue weighted by atomic mass is 10.0. The molecule has 4 heteroatoms. The molecule has 2 aromatic rings. The molecular weight excluding hydrogens is 316 g/mol. The van der Waals surface area contributed by atoms with E-state index in [1.165, 1.54) is 20.3 Å². The van der Waals surface area contributed by atoms with Crippen molar-refractivity contribution in [3.63, 3.8) is 0 Å². The summed E-state index contributed by atoms with van der Waals surface area (Å²) in [6.45, 7) is 1.29. The second kappa shape index (κ2) is 9.94. The van der Waals surface area contributed by atoms with Crippen molar-refractivity contribution < 1.29 is 26.2 Å². The molecule has 0 aromatic heterocycles. The van der Waals surface area contributed by atoms with Crippen LogP contribution in [0.2, 0.25) is 0 Å². The third-order valence-corrected chi connectivity index (χ3v) is 3.53. The van der Waals surface area contributed by atoms with Crippen LogP contribution >= 0.6 is 0 Å². The van der Waals surface area contributed by atoms with E-state index < -0.39 is 25.4 Å². The van der Waals surface area contributed by atoms with Crippen LogP contribution in [0.3, 0.4) is 0 Å². The van der Waals surface area contributed by atoms with Crippen LogP contribution in [0.15, 0.2) is 42.5 Å². The highest BCUT2D eigenvalue weighted by atomic mass is 16.5. The Morgan fingerprint density at radius 2 is 1.88 bits per heavy atom. The van der Waals surface area contributed by atoms with Gasteiger partial charge in [0.15, 0.2) is 11.5 Å². The van der Waals surface area contributed by atoms with Crippen molar-refractivity contribution in [1.82, 2.24) is 0 Å². The Kier molecular flexibility index (Phi) is 5.20. The molecule has 25 heavy (non-hydrogen) atoms. The Balaban J connectivity index is 2.07. The third kappa shape index (κ3) is 6.31. The van der Waals surface area contributed by atoms with E-state index >= 15 is 0 Å². The first-order valence-electron chi connectivity index (χ1n) is 10.6. The fourth-order valence-electron chi connectivity index (χ4n) is 2.27. The van der Waals surface area contributed by atoms with Crippen LogP contribution in [-0.2, 0) is 6.37 Å². The summed E-state index contributed by atoms with van der Waals surface area (Å²) in [6.07, 6.45) is -7.49. The molecule has 0 aliphatic heterocycles. The Labute approximate surface area is 157 Å². The molecule has 4 nitrogen and oxygen atoms in total. The SMILES string of the molecule is [2H]C([2H])(CCC([2H])([2H])C([2H])(O)COc1cccc(C)c1)c1ccc(OC)c(OC)c1. The Morgan fingerprint density at radius 1 is 1.08 bits per heavy atom. The standard InChI is InChI=1S/C21H28O4/c1-16-7-6-10-19(13-16)25-15-18(22)9-5-4-8-17-11-12-20(23-2)21(14-17)24-3/h6-7,10-14,18,22H,4-5,8-9,15H2,1-3H3/i8D2,9D2,18D. The predicted molar refractivity (Wildman–Crippen MR) is 99.8 cm³/mol. The number of aliphatic hydroxyl groups is 1. The van der Waals surface area contributed by atoms with Gasteiger partial charge in [-0.2, -0.15) is 0 Å². The van der Waals surface area contributed by atoms with Gasteiger partial charge in [-0.05, 0) is 61.5 Å². The molecule has 0 spiro atoms. The quantitative estimate of drug-likeness (QED) is 0.699. The van der Waals surface area contributed by atoms with Crippen molar-refractivity contribution in [1.29, 1.82) is 0 Å². The minimum Gasteiger partial charge on any atom is -0.493 e. The van der Waals surface area contributed by atoms with Crippen molar-refractivity contribution in [2.45, 2.75) is 38.6 Å². The van der Waals surface area contributed by atoms with Crippen LogP contribution < -0.4 is 14.2 Å². The van der Waals surface area contributed by atoms with Gasteiger partial charge in [-0.1, -0.05) is 24.6 Å². The molecule has 0 heterocycles. The van der Waals surface area contributed by atoms with Gasteiger partial charge in [0, 0.05) is 5.48 Å². The average molecular weight is 349 g/mol. The first-order valence-corrected chi connectivity index (χ1v) is 8.06. The van der Waals surface area contributed by atoms with Gasteiger partial charge < -0.3 is 19.3 Å². The van der Waals surface area contributed by atoms with Crippen LogP contribution in [-0.4, -0.2) is 32.0 Å². The van der Waals surface area contributed by atoms with E-state index in [9.17, 15) is 5.11 Å². The molecule has 1 unspecified atom stereocenters. The Bertz CT molecular complexity index is 855. The summed E-state index contributed by atoms with van der Waals surface area (Å²) < 4.78 is 56.8. The lowest BCUT2D eigenvalue weighted by Gasteiger charge is -2.13. The maximum Gasteiger partial charge on any atom is 0.160 e. The van der Waals surface area contributed by atoms with E-state index in [1.807, 2.05) is 13.0 Å². The third-order valence-electron chi connectivity index (χ3n) is 3.53. The molecule has 2 aromatic carbocycles. The van der Waals surface area contributed by atoms with Gasteiger partial charge >= 0.3 is 0 Å². The molecule has 136 valence electrons. The number of benzene rings is 2. The number of hydrogen-bond donors (Lipinski definition) is 1. The van der Waals surface area contributed by atoms with E-state index in [2.05, 4.69) is 0 Å². The Morgan fingerprint density at radius 3 is 2.60 bits per heavy atom. The molecule has 0 saturated heterocycles. The minimum absolute atomic E-state index is 0.249. The molecule has 0 fully saturated rings. The van der Waals surface area contributed by atoms with Crippen molar-refractivity contribution >= 4 is 0 Å². The number of hydrogen-bond acceptors (Lipinski definition) is 4. The lowest BCUT2D eigenvalue weighted by molar-refractivity contribution is 0.0976. The van der Waals surface area contributed by atoms with Crippen molar-refractivity contribution in [2.24, 2.45) is 0 Å². The summed E-state index contributed by atoms with van der Waals surface area (Å²) in [4.78, 5) is 0. The average Bonchev–Trinajstić information content (AvgIpc) is 2.70. The Hall–Kier alpha value is -2.20. The van der Waals surface area contributed by atoms with Gasteiger partial charge in [-0.3, -0.25) is 0 Å². The molecule has 0 aliphatic rings. The zero-order valence-electron chi connectivity index (χ0n) is 19.8. The van der Waals surface area contributed by atoms with Gasteiger partial charge in [0.2, 0.25) is 0 Å². The molecule has 2 rings (SSSR count). The summed E-state index contributed by atoms with van der Waals surface area (Å²) in [7, 11) is 2.93. The summed E-state index contributed by atoms with van der Waals surface area (Å²) in [5.74, 6) is 1.25. The van der Waals surface area contributed by atoms with Crippen LogP contribution in [0.1, 0.15) is 37.2 Å². The van der Waals surface area contributed by atoms with E-state index in [-0.39, 0.29) is 12.8 Å². The largest absolute Gasteiger partial charge is 0.493 e.